The molecule has 0 saturated heterocycles. The summed E-state index contributed by atoms with van der Waals surface area (Å²) >= 11 is 0. The summed E-state index contributed by atoms with van der Waals surface area (Å²) in [5, 5.41) is 8.75. The zero-order valence-corrected chi connectivity index (χ0v) is 9.17. The lowest BCUT2D eigenvalue weighted by Gasteiger charge is -2.26. The first-order valence-electron chi connectivity index (χ1n) is 5.34. The molecule has 1 aromatic heterocycles. The van der Waals surface area contributed by atoms with Gasteiger partial charge >= 0.3 is 12.1 Å². The molecule has 0 spiro atoms. The summed E-state index contributed by atoms with van der Waals surface area (Å²) in [6.45, 7) is 0. The van der Waals surface area contributed by atoms with Gasteiger partial charge in [0, 0.05) is 5.69 Å². The fourth-order valence-electron chi connectivity index (χ4n) is 2.14. The van der Waals surface area contributed by atoms with E-state index in [0.29, 0.717) is 5.69 Å². The molecule has 0 fully saturated rings. The van der Waals surface area contributed by atoms with Crippen molar-refractivity contribution in [1.82, 2.24) is 4.98 Å². The molecule has 1 aromatic rings. The minimum atomic E-state index is -4.29. The first-order valence-corrected chi connectivity index (χ1v) is 5.34. The molecule has 18 heavy (non-hydrogen) atoms. The number of hydrogen-bond acceptors (Lipinski definition) is 2. The molecule has 0 aliphatic heterocycles. The highest BCUT2D eigenvalue weighted by Gasteiger charge is 2.41. The maximum Gasteiger partial charge on any atom is 0.392 e. The van der Waals surface area contributed by atoms with Crippen LogP contribution in [-0.4, -0.2) is 22.2 Å². The van der Waals surface area contributed by atoms with E-state index >= 15 is 0 Å². The lowest BCUT2D eigenvalue weighted by molar-refractivity contribution is -0.177. The smallest absolute Gasteiger partial charge is 0.392 e. The number of hydrogen-bond donors (Lipinski definition) is 2. The Hall–Kier alpha value is -1.79. The number of halogens is 3. The quantitative estimate of drug-likeness (QED) is 0.809. The molecule has 0 bridgehead atoms. The molecule has 7 heteroatoms. The SMILES string of the molecule is O=C(O)c1cc2c([nH]c1=O)CCC(C(F)(F)F)C2. The highest BCUT2D eigenvalue weighted by Crippen LogP contribution is 2.36. The van der Waals surface area contributed by atoms with Crippen molar-refractivity contribution in [3.8, 4) is 0 Å². The molecule has 1 aliphatic rings. The fraction of sp³-hybridized carbons (Fsp3) is 0.455. The number of rotatable bonds is 1. The molecule has 4 nitrogen and oxygen atoms in total. The second-order valence-corrected chi connectivity index (χ2v) is 4.30. The average molecular weight is 261 g/mol. The normalized spacial score (nSPS) is 19.4. The molecule has 0 amide bonds. The third kappa shape index (κ3) is 2.25. The number of carboxylic acids is 1. The zero-order chi connectivity index (χ0) is 13.5. The van der Waals surface area contributed by atoms with E-state index < -0.39 is 29.2 Å². The van der Waals surface area contributed by atoms with Crippen LogP contribution in [0.1, 0.15) is 28.0 Å². The summed E-state index contributed by atoms with van der Waals surface area (Å²) in [6.07, 6.45) is -4.55. The number of aryl methyl sites for hydroxylation is 1. The van der Waals surface area contributed by atoms with E-state index in [2.05, 4.69) is 4.98 Å². The Morgan fingerprint density at radius 3 is 2.67 bits per heavy atom. The van der Waals surface area contributed by atoms with E-state index in [1.165, 1.54) is 0 Å². The van der Waals surface area contributed by atoms with Crippen LogP contribution in [-0.2, 0) is 12.8 Å². The van der Waals surface area contributed by atoms with Crippen LogP contribution in [0, 0.1) is 5.92 Å². The molecule has 1 heterocycles. The van der Waals surface area contributed by atoms with Crippen molar-refractivity contribution < 1.29 is 23.1 Å². The van der Waals surface area contributed by atoms with Crippen molar-refractivity contribution in [2.24, 2.45) is 5.92 Å². The predicted octanol–water partition coefficient (Wildman–Crippen LogP) is 1.74. The Balaban J connectivity index is 2.40. The number of carboxylic acid groups (broad SMARTS) is 1. The number of aromatic amines is 1. The Kier molecular flexibility index (Phi) is 2.92. The van der Waals surface area contributed by atoms with Gasteiger partial charge in [-0.15, -0.1) is 0 Å². The van der Waals surface area contributed by atoms with E-state index in [0.717, 1.165) is 6.07 Å². The number of nitrogens with one attached hydrogen (secondary N) is 1. The molecular weight excluding hydrogens is 251 g/mol. The van der Waals surface area contributed by atoms with Gasteiger partial charge in [-0.3, -0.25) is 4.79 Å². The molecule has 1 atom stereocenters. The first kappa shape index (κ1) is 12.7. The summed E-state index contributed by atoms with van der Waals surface area (Å²) < 4.78 is 37.8. The highest BCUT2D eigenvalue weighted by atomic mass is 19.4. The van der Waals surface area contributed by atoms with Crippen LogP contribution in [0.5, 0.6) is 0 Å². The maximum atomic E-state index is 12.6. The van der Waals surface area contributed by atoms with Crippen molar-refractivity contribution in [1.29, 1.82) is 0 Å². The van der Waals surface area contributed by atoms with Gasteiger partial charge in [0.25, 0.3) is 5.56 Å². The van der Waals surface area contributed by atoms with Crippen LogP contribution >= 0.6 is 0 Å². The van der Waals surface area contributed by atoms with E-state index in [4.69, 9.17) is 5.11 Å². The molecule has 0 radical (unpaired) electrons. The van der Waals surface area contributed by atoms with Crippen LogP contribution in [0.2, 0.25) is 0 Å². The van der Waals surface area contributed by atoms with Crippen molar-refractivity contribution in [3.63, 3.8) is 0 Å². The van der Waals surface area contributed by atoms with Gasteiger partial charge in [-0.05, 0) is 30.9 Å². The second-order valence-electron chi connectivity index (χ2n) is 4.30. The molecular formula is C11H10F3NO3. The van der Waals surface area contributed by atoms with Gasteiger partial charge < -0.3 is 10.1 Å². The summed E-state index contributed by atoms with van der Waals surface area (Å²) in [4.78, 5) is 24.4. The lowest BCUT2D eigenvalue weighted by atomic mass is 9.85. The fourth-order valence-corrected chi connectivity index (χ4v) is 2.14. The molecule has 0 saturated carbocycles. The van der Waals surface area contributed by atoms with Gasteiger partial charge in [0.2, 0.25) is 0 Å². The number of aromatic carboxylic acids is 1. The monoisotopic (exact) mass is 261 g/mol. The average Bonchev–Trinajstić information content (AvgIpc) is 2.25. The largest absolute Gasteiger partial charge is 0.477 e. The Morgan fingerprint density at radius 2 is 2.11 bits per heavy atom. The van der Waals surface area contributed by atoms with Crippen LogP contribution in [0.15, 0.2) is 10.9 Å². The molecule has 1 aliphatic carbocycles. The number of pyridine rings is 1. The molecule has 0 aromatic carbocycles. The molecule has 1 unspecified atom stereocenters. The third-order valence-electron chi connectivity index (χ3n) is 3.12. The number of fused-ring (bicyclic) bond motifs is 1. The Morgan fingerprint density at radius 1 is 1.44 bits per heavy atom. The predicted molar refractivity (Wildman–Crippen MR) is 55.6 cm³/mol. The lowest BCUT2D eigenvalue weighted by Crippen LogP contribution is -2.31. The maximum absolute atomic E-state index is 12.6. The van der Waals surface area contributed by atoms with Crippen LogP contribution < -0.4 is 5.56 Å². The van der Waals surface area contributed by atoms with Gasteiger partial charge in [-0.25, -0.2) is 4.79 Å². The highest BCUT2D eigenvalue weighted by molar-refractivity contribution is 5.87. The van der Waals surface area contributed by atoms with E-state index in [1.54, 1.807) is 0 Å². The number of H-pyrrole nitrogens is 1. The standard InChI is InChI=1S/C11H10F3NO3/c12-11(13,14)6-1-2-8-5(3-6)4-7(10(17)18)9(16)15-8/h4,6H,1-3H2,(H,15,16)(H,17,18). The van der Waals surface area contributed by atoms with Crippen LogP contribution in [0.3, 0.4) is 0 Å². The van der Waals surface area contributed by atoms with E-state index in [1.807, 2.05) is 0 Å². The van der Waals surface area contributed by atoms with E-state index in [-0.39, 0.29) is 24.8 Å². The van der Waals surface area contributed by atoms with Crippen molar-refractivity contribution >= 4 is 5.97 Å². The summed E-state index contributed by atoms with van der Waals surface area (Å²) in [5.41, 5.74) is -0.616. The van der Waals surface area contributed by atoms with E-state index in [9.17, 15) is 22.8 Å². The minimum Gasteiger partial charge on any atom is -0.477 e. The van der Waals surface area contributed by atoms with Gasteiger partial charge in [0.15, 0.2) is 0 Å². The molecule has 2 rings (SSSR count). The second kappa shape index (κ2) is 4.15. The van der Waals surface area contributed by atoms with Crippen molar-refractivity contribution in [2.45, 2.75) is 25.4 Å². The van der Waals surface area contributed by atoms with Gasteiger partial charge in [0.1, 0.15) is 5.56 Å². The first-order chi connectivity index (χ1) is 8.29. The van der Waals surface area contributed by atoms with Gasteiger partial charge in [-0.1, -0.05) is 0 Å². The Labute approximate surface area is 99.4 Å². The Bertz CT molecular complexity index is 547. The van der Waals surface area contributed by atoms with Gasteiger partial charge in [-0.2, -0.15) is 13.2 Å². The summed E-state index contributed by atoms with van der Waals surface area (Å²) in [7, 11) is 0. The van der Waals surface area contributed by atoms with Crippen molar-refractivity contribution in [3.05, 3.63) is 33.2 Å². The number of carbonyl (C=O) groups is 1. The van der Waals surface area contributed by atoms with Crippen molar-refractivity contribution in [2.75, 3.05) is 0 Å². The van der Waals surface area contributed by atoms with Crippen LogP contribution in [0.25, 0.3) is 0 Å². The third-order valence-corrected chi connectivity index (χ3v) is 3.12. The number of aromatic nitrogens is 1. The van der Waals surface area contributed by atoms with Gasteiger partial charge in [0.05, 0.1) is 5.92 Å². The molecule has 2 N–H and O–H groups in total. The minimum absolute atomic E-state index is 0.0845. The number of alkyl halides is 3. The molecule has 98 valence electrons. The van der Waals surface area contributed by atoms with Crippen LogP contribution in [0.4, 0.5) is 13.2 Å². The summed E-state index contributed by atoms with van der Waals surface area (Å²) in [5.74, 6) is -2.91. The zero-order valence-electron chi connectivity index (χ0n) is 9.17. The topological polar surface area (TPSA) is 70.2 Å². The summed E-state index contributed by atoms with van der Waals surface area (Å²) in [6, 6.07) is 1.05.